The second-order valence-corrected chi connectivity index (χ2v) is 8.07. The van der Waals surface area contributed by atoms with Crippen molar-refractivity contribution in [1.82, 2.24) is 0 Å². The van der Waals surface area contributed by atoms with Crippen molar-refractivity contribution < 1.29 is 31.5 Å². The van der Waals surface area contributed by atoms with Crippen LogP contribution >= 0.6 is 0 Å². The quantitative estimate of drug-likeness (QED) is 0.688. The summed E-state index contributed by atoms with van der Waals surface area (Å²) in [6.07, 6.45) is 0.848. The number of sulfonamides is 1. The van der Waals surface area contributed by atoms with E-state index in [9.17, 15) is 26.8 Å². The third-order valence-corrected chi connectivity index (χ3v) is 5.03. The van der Waals surface area contributed by atoms with Crippen LogP contribution in [0.25, 0.3) is 0 Å². The number of carbonyl (C=O) groups excluding carboxylic acids is 2. The van der Waals surface area contributed by atoms with Gasteiger partial charge in [-0.3, -0.25) is 9.10 Å². The van der Waals surface area contributed by atoms with E-state index in [2.05, 4.69) is 5.32 Å². The predicted molar refractivity (Wildman–Crippen MR) is 104 cm³/mol. The van der Waals surface area contributed by atoms with Gasteiger partial charge in [-0.2, -0.15) is 0 Å². The molecule has 0 saturated heterocycles. The van der Waals surface area contributed by atoms with Gasteiger partial charge in [0.25, 0.3) is 0 Å². The third-order valence-electron chi connectivity index (χ3n) is 3.89. The van der Waals surface area contributed by atoms with E-state index >= 15 is 0 Å². The summed E-state index contributed by atoms with van der Waals surface area (Å²) in [5.74, 6) is -3.58. The van der Waals surface area contributed by atoms with Crippen LogP contribution < -0.4 is 9.62 Å². The molecule has 0 aliphatic carbocycles. The average Bonchev–Trinajstić information content (AvgIpc) is 2.63. The highest BCUT2D eigenvalue weighted by Crippen LogP contribution is 2.21. The highest BCUT2D eigenvalue weighted by atomic mass is 32.2. The number of benzene rings is 2. The van der Waals surface area contributed by atoms with Crippen molar-refractivity contribution in [3.05, 3.63) is 59.2 Å². The molecule has 2 aromatic carbocycles. The van der Waals surface area contributed by atoms with E-state index < -0.39 is 40.1 Å². The zero-order valence-corrected chi connectivity index (χ0v) is 16.8. The number of esters is 1. The van der Waals surface area contributed by atoms with Crippen LogP contribution in [0, 0.1) is 18.6 Å². The number of nitrogens with one attached hydrogen (secondary N) is 1. The molecule has 0 saturated carbocycles. The molecule has 2 rings (SSSR count). The van der Waals surface area contributed by atoms with Gasteiger partial charge in [0.05, 0.1) is 24.1 Å². The van der Waals surface area contributed by atoms with Gasteiger partial charge < -0.3 is 10.1 Å². The summed E-state index contributed by atoms with van der Waals surface area (Å²) in [5, 5.41) is 2.54. The highest BCUT2D eigenvalue weighted by Gasteiger charge is 2.22. The van der Waals surface area contributed by atoms with Gasteiger partial charge in [-0.25, -0.2) is 22.0 Å². The van der Waals surface area contributed by atoms with Crippen LogP contribution in [-0.4, -0.2) is 39.7 Å². The number of carbonyl (C=O) groups is 2. The Morgan fingerprint density at radius 1 is 1.10 bits per heavy atom. The van der Waals surface area contributed by atoms with E-state index in [0.717, 1.165) is 18.4 Å². The molecule has 0 aliphatic heterocycles. The molecule has 1 amide bonds. The van der Waals surface area contributed by atoms with Crippen molar-refractivity contribution in [2.75, 3.05) is 29.0 Å². The molecule has 1 N–H and O–H groups in total. The first-order valence-electron chi connectivity index (χ1n) is 8.53. The topological polar surface area (TPSA) is 92.8 Å². The molecule has 0 radical (unpaired) electrons. The van der Waals surface area contributed by atoms with Gasteiger partial charge >= 0.3 is 5.97 Å². The van der Waals surface area contributed by atoms with E-state index in [0.29, 0.717) is 27.2 Å². The molecule has 0 heterocycles. The van der Waals surface area contributed by atoms with Gasteiger partial charge in [0.15, 0.2) is 11.6 Å². The molecule has 0 aromatic heterocycles. The first-order chi connectivity index (χ1) is 13.5. The van der Waals surface area contributed by atoms with E-state index in [1.54, 1.807) is 13.8 Å². The van der Waals surface area contributed by atoms with E-state index in [4.69, 9.17) is 4.74 Å². The largest absolute Gasteiger partial charge is 0.462 e. The average molecular weight is 426 g/mol. The van der Waals surface area contributed by atoms with Crippen LogP contribution in [-0.2, 0) is 19.6 Å². The zero-order chi connectivity index (χ0) is 21.8. The van der Waals surface area contributed by atoms with Gasteiger partial charge in [-0.15, -0.1) is 0 Å². The lowest BCUT2D eigenvalue weighted by molar-refractivity contribution is -0.114. The van der Waals surface area contributed by atoms with E-state index in [1.165, 1.54) is 18.2 Å². The van der Waals surface area contributed by atoms with Gasteiger partial charge in [-0.05, 0) is 49.7 Å². The fourth-order valence-electron chi connectivity index (χ4n) is 2.51. The molecule has 0 aliphatic rings. The number of nitrogens with zero attached hydrogens (tertiary/aromatic N) is 1. The summed E-state index contributed by atoms with van der Waals surface area (Å²) >= 11 is 0. The maximum absolute atomic E-state index is 13.5. The van der Waals surface area contributed by atoms with Crippen LogP contribution in [0.2, 0.25) is 0 Å². The van der Waals surface area contributed by atoms with Crippen molar-refractivity contribution >= 4 is 33.3 Å². The van der Waals surface area contributed by atoms with Crippen molar-refractivity contribution in [2.24, 2.45) is 0 Å². The summed E-state index contributed by atoms with van der Waals surface area (Å²) in [4.78, 5) is 24.1. The lowest BCUT2D eigenvalue weighted by atomic mass is 10.1. The Balaban J connectivity index is 2.20. The highest BCUT2D eigenvalue weighted by molar-refractivity contribution is 7.92. The molecule has 0 fully saturated rings. The van der Waals surface area contributed by atoms with Gasteiger partial charge in [0.2, 0.25) is 15.9 Å². The summed E-state index contributed by atoms with van der Waals surface area (Å²) in [6.45, 7) is 2.91. The lowest BCUT2D eigenvalue weighted by Gasteiger charge is -2.22. The second kappa shape index (κ2) is 8.99. The van der Waals surface area contributed by atoms with E-state index in [-0.39, 0.29) is 12.3 Å². The normalized spacial score (nSPS) is 11.1. The molecule has 0 atom stereocenters. The molecule has 29 heavy (non-hydrogen) atoms. The first-order valence-corrected chi connectivity index (χ1v) is 10.4. The maximum atomic E-state index is 13.5. The Kier molecular flexibility index (Phi) is 6.91. The number of ether oxygens (including phenoxy) is 1. The molecular formula is C19H20F2N2O5S. The minimum absolute atomic E-state index is 0.184. The summed E-state index contributed by atoms with van der Waals surface area (Å²) in [5.41, 5.74) is 1.04. The number of hydrogen-bond acceptors (Lipinski definition) is 5. The molecule has 0 spiro atoms. The molecule has 156 valence electrons. The fourth-order valence-corrected chi connectivity index (χ4v) is 3.35. The molecule has 10 heteroatoms. The summed E-state index contributed by atoms with van der Waals surface area (Å²) in [6, 6.07) is 7.01. The SMILES string of the molecule is CCOC(=O)c1ccc(NC(=O)CN(c2ccc(F)c(F)c2)S(C)(=O)=O)c(C)c1. The third kappa shape index (κ3) is 5.74. The Morgan fingerprint density at radius 3 is 2.34 bits per heavy atom. The summed E-state index contributed by atoms with van der Waals surface area (Å²) in [7, 11) is -3.95. The number of aryl methyl sites for hydroxylation is 1. The van der Waals surface area contributed by atoms with Crippen molar-refractivity contribution in [1.29, 1.82) is 0 Å². The van der Waals surface area contributed by atoms with Gasteiger partial charge in [0, 0.05) is 11.8 Å². The fraction of sp³-hybridized carbons (Fsp3) is 0.263. The standard InChI is InChI=1S/C19H20F2N2O5S/c1-4-28-19(25)13-5-8-17(12(2)9-13)22-18(24)11-23(29(3,26)27)14-6-7-15(20)16(21)10-14/h5-10H,4,11H2,1-3H3,(H,22,24). The van der Waals surface area contributed by atoms with Crippen LogP contribution in [0.5, 0.6) is 0 Å². The number of hydrogen-bond donors (Lipinski definition) is 1. The summed E-state index contributed by atoms with van der Waals surface area (Å²) < 4.78 is 56.3. The molecule has 2 aromatic rings. The minimum atomic E-state index is -3.95. The van der Waals surface area contributed by atoms with Gasteiger partial charge in [-0.1, -0.05) is 0 Å². The molecule has 0 unspecified atom stereocenters. The Bertz CT molecular complexity index is 1040. The number of rotatable bonds is 7. The Morgan fingerprint density at radius 2 is 1.79 bits per heavy atom. The monoisotopic (exact) mass is 426 g/mol. The Labute approximate surface area is 167 Å². The van der Waals surface area contributed by atoms with Crippen molar-refractivity contribution in [2.45, 2.75) is 13.8 Å². The number of anilines is 2. The lowest BCUT2D eigenvalue weighted by Crippen LogP contribution is -2.37. The van der Waals surface area contributed by atoms with Crippen LogP contribution in [0.15, 0.2) is 36.4 Å². The van der Waals surface area contributed by atoms with Crippen LogP contribution in [0.1, 0.15) is 22.8 Å². The van der Waals surface area contributed by atoms with E-state index in [1.807, 2.05) is 0 Å². The smallest absolute Gasteiger partial charge is 0.338 e. The minimum Gasteiger partial charge on any atom is -0.462 e. The molecule has 0 bridgehead atoms. The van der Waals surface area contributed by atoms with Gasteiger partial charge in [0.1, 0.15) is 6.54 Å². The zero-order valence-electron chi connectivity index (χ0n) is 16.0. The first kappa shape index (κ1) is 22.3. The van der Waals surface area contributed by atoms with Crippen molar-refractivity contribution in [3.63, 3.8) is 0 Å². The second-order valence-electron chi connectivity index (χ2n) is 6.17. The predicted octanol–water partition coefficient (Wildman–Crippen LogP) is 2.85. The van der Waals surface area contributed by atoms with Crippen molar-refractivity contribution in [3.8, 4) is 0 Å². The van der Waals surface area contributed by atoms with Crippen LogP contribution in [0.3, 0.4) is 0 Å². The maximum Gasteiger partial charge on any atom is 0.338 e. The molecular weight excluding hydrogens is 406 g/mol. The number of halogens is 2. The molecule has 7 nitrogen and oxygen atoms in total. The Hall–Kier alpha value is -3.01. The number of amides is 1. The van der Waals surface area contributed by atoms with Crippen LogP contribution in [0.4, 0.5) is 20.2 Å².